The number of hydrogen-bond acceptors (Lipinski definition) is 2. The predicted molar refractivity (Wildman–Crippen MR) is 83.4 cm³/mol. The predicted octanol–water partition coefficient (Wildman–Crippen LogP) is 4.25. The molecule has 1 atom stereocenters. The topological polar surface area (TPSA) is 29.3 Å². The minimum Gasteiger partial charge on any atom is -0.368 e. The molecule has 112 valence electrons. The van der Waals surface area contributed by atoms with Crippen LogP contribution < -0.4 is 10.6 Å². The molecular formula is C17H27FN2. The minimum absolute atomic E-state index is 0.177. The molecule has 0 aromatic heterocycles. The van der Waals surface area contributed by atoms with Gasteiger partial charge in [-0.05, 0) is 37.8 Å². The summed E-state index contributed by atoms with van der Waals surface area (Å²) in [4.78, 5) is 2.40. The van der Waals surface area contributed by atoms with Crippen molar-refractivity contribution in [3.05, 3.63) is 29.6 Å². The maximum absolute atomic E-state index is 14.2. The molecule has 0 spiro atoms. The zero-order valence-electron chi connectivity index (χ0n) is 12.9. The van der Waals surface area contributed by atoms with Crippen LogP contribution in [0.5, 0.6) is 0 Å². The smallest absolute Gasteiger partial charge is 0.130 e. The quantitative estimate of drug-likeness (QED) is 0.872. The van der Waals surface area contributed by atoms with Crippen molar-refractivity contribution in [1.29, 1.82) is 0 Å². The van der Waals surface area contributed by atoms with Crippen molar-refractivity contribution in [2.75, 3.05) is 11.4 Å². The fraction of sp³-hybridized carbons (Fsp3) is 0.647. The summed E-state index contributed by atoms with van der Waals surface area (Å²) in [6.45, 7) is 7.26. The van der Waals surface area contributed by atoms with Gasteiger partial charge in [-0.3, -0.25) is 0 Å². The van der Waals surface area contributed by atoms with Crippen LogP contribution in [0.15, 0.2) is 18.2 Å². The Kier molecular flexibility index (Phi) is 5.03. The third kappa shape index (κ3) is 3.32. The van der Waals surface area contributed by atoms with Gasteiger partial charge >= 0.3 is 0 Å². The van der Waals surface area contributed by atoms with Crippen molar-refractivity contribution in [3.8, 4) is 0 Å². The summed E-state index contributed by atoms with van der Waals surface area (Å²) < 4.78 is 14.2. The van der Waals surface area contributed by atoms with Crippen LogP contribution in [-0.2, 0) is 0 Å². The van der Waals surface area contributed by atoms with Crippen molar-refractivity contribution in [3.63, 3.8) is 0 Å². The van der Waals surface area contributed by atoms with Crippen molar-refractivity contribution < 1.29 is 4.39 Å². The van der Waals surface area contributed by atoms with Gasteiger partial charge in [-0.2, -0.15) is 0 Å². The maximum Gasteiger partial charge on any atom is 0.130 e. The van der Waals surface area contributed by atoms with Gasteiger partial charge in [-0.25, -0.2) is 4.39 Å². The van der Waals surface area contributed by atoms with Crippen LogP contribution in [0.1, 0.15) is 58.1 Å². The molecule has 2 nitrogen and oxygen atoms in total. The number of nitrogens with zero attached hydrogens (tertiary/aromatic N) is 1. The summed E-state index contributed by atoms with van der Waals surface area (Å²) in [5, 5.41) is 0. The Morgan fingerprint density at radius 2 is 1.90 bits per heavy atom. The van der Waals surface area contributed by atoms with E-state index in [1.807, 2.05) is 13.0 Å². The van der Waals surface area contributed by atoms with E-state index < -0.39 is 0 Å². The van der Waals surface area contributed by atoms with E-state index in [1.54, 1.807) is 6.07 Å². The molecule has 2 rings (SSSR count). The summed E-state index contributed by atoms with van der Waals surface area (Å²) in [7, 11) is 0. The lowest BCUT2D eigenvalue weighted by Crippen LogP contribution is -2.37. The lowest BCUT2D eigenvalue weighted by Gasteiger charge is -2.35. The standard InChI is InChI=1S/C17H27FN2/c1-12(2)11-20(14-7-4-5-8-14)16-10-6-9-15(18)17(16)13(3)19/h6,9-10,12-14H,4-5,7-8,11,19H2,1-3H3/t13-/m0/s1. The fourth-order valence-electron chi connectivity index (χ4n) is 3.28. The lowest BCUT2D eigenvalue weighted by molar-refractivity contribution is 0.527. The van der Waals surface area contributed by atoms with Crippen LogP contribution in [0.3, 0.4) is 0 Å². The van der Waals surface area contributed by atoms with E-state index in [0.29, 0.717) is 17.5 Å². The summed E-state index contributed by atoms with van der Waals surface area (Å²) in [5.74, 6) is 0.379. The van der Waals surface area contributed by atoms with Crippen molar-refractivity contribution in [2.24, 2.45) is 11.7 Å². The number of hydrogen-bond donors (Lipinski definition) is 1. The Labute approximate surface area is 122 Å². The first-order chi connectivity index (χ1) is 9.50. The average molecular weight is 278 g/mol. The molecular weight excluding hydrogens is 251 g/mol. The number of nitrogens with two attached hydrogens (primary N) is 1. The molecule has 20 heavy (non-hydrogen) atoms. The van der Waals surface area contributed by atoms with Gasteiger partial charge in [0.2, 0.25) is 0 Å². The van der Waals surface area contributed by atoms with Crippen LogP contribution in [0, 0.1) is 11.7 Å². The molecule has 1 saturated carbocycles. The van der Waals surface area contributed by atoms with E-state index >= 15 is 0 Å². The fourth-order valence-corrected chi connectivity index (χ4v) is 3.28. The van der Waals surface area contributed by atoms with Gasteiger partial charge in [0.15, 0.2) is 0 Å². The number of halogens is 1. The number of rotatable bonds is 5. The highest BCUT2D eigenvalue weighted by atomic mass is 19.1. The Hall–Kier alpha value is -1.09. The van der Waals surface area contributed by atoms with Gasteiger partial charge in [0.1, 0.15) is 5.82 Å². The molecule has 0 aliphatic heterocycles. The second kappa shape index (κ2) is 6.57. The van der Waals surface area contributed by atoms with E-state index in [1.165, 1.54) is 31.7 Å². The highest BCUT2D eigenvalue weighted by Gasteiger charge is 2.26. The van der Waals surface area contributed by atoms with Gasteiger partial charge in [0.05, 0.1) is 0 Å². The van der Waals surface area contributed by atoms with Crippen molar-refractivity contribution >= 4 is 5.69 Å². The average Bonchev–Trinajstić information content (AvgIpc) is 2.88. The highest BCUT2D eigenvalue weighted by Crippen LogP contribution is 2.34. The summed E-state index contributed by atoms with van der Waals surface area (Å²) in [6, 6.07) is 5.62. The SMILES string of the molecule is CC(C)CN(c1cccc(F)c1[C@H](C)N)C1CCCC1. The second-order valence-corrected chi connectivity index (χ2v) is 6.45. The summed E-state index contributed by atoms with van der Waals surface area (Å²) in [6.07, 6.45) is 4.98. The van der Waals surface area contributed by atoms with Crippen LogP contribution >= 0.6 is 0 Å². The first-order valence-electron chi connectivity index (χ1n) is 7.81. The second-order valence-electron chi connectivity index (χ2n) is 6.45. The first kappa shape index (κ1) is 15.3. The Morgan fingerprint density at radius 3 is 2.45 bits per heavy atom. The largest absolute Gasteiger partial charge is 0.368 e. The summed E-state index contributed by atoms with van der Waals surface area (Å²) >= 11 is 0. The highest BCUT2D eigenvalue weighted by molar-refractivity contribution is 5.56. The lowest BCUT2D eigenvalue weighted by atomic mass is 10.0. The van der Waals surface area contributed by atoms with Crippen LogP contribution in [0.4, 0.5) is 10.1 Å². The molecule has 2 N–H and O–H groups in total. The van der Waals surface area contributed by atoms with E-state index in [-0.39, 0.29) is 11.9 Å². The Morgan fingerprint density at radius 1 is 1.25 bits per heavy atom. The van der Waals surface area contributed by atoms with E-state index in [2.05, 4.69) is 18.7 Å². The van der Waals surface area contributed by atoms with Gasteiger partial charge in [0.25, 0.3) is 0 Å². The molecule has 1 aliphatic rings. The van der Waals surface area contributed by atoms with Crippen LogP contribution in [0.25, 0.3) is 0 Å². The third-order valence-corrected chi connectivity index (χ3v) is 4.12. The number of benzene rings is 1. The van der Waals surface area contributed by atoms with Gasteiger partial charge in [0, 0.05) is 29.9 Å². The first-order valence-corrected chi connectivity index (χ1v) is 7.81. The summed E-state index contributed by atoms with van der Waals surface area (Å²) in [5.41, 5.74) is 7.68. The molecule has 1 aromatic carbocycles. The van der Waals surface area contributed by atoms with Gasteiger partial charge < -0.3 is 10.6 Å². The van der Waals surface area contributed by atoms with E-state index in [9.17, 15) is 4.39 Å². The molecule has 3 heteroatoms. The molecule has 0 amide bonds. The molecule has 1 aliphatic carbocycles. The number of anilines is 1. The monoisotopic (exact) mass is 278 g/mol. The van der Waals surface area contributed by atoms with Gasteiger partial charge in [-0.15, -0.1) is 0 Å². The molecule has 0 bridgehead atoms. The zero-order valence-corrected chi connectivity index (χ0v) is 12.9. The zero-order chi connectivity index (χ0) is 14.7. The molecule has 0 unspecified atom stereocenters. The Bertz CT molecular complexity index is 437. The van der Waals surface area contributed by atoms with Crippen LogP contribution in [-0.4, -0.2) is 12.6 Å². The van der Waals surface area contributed by atoms with Gasteiger partial charge in [-0.1, -0.05) is 32.8 Å². The van der Waals surface area contributed by atoms with Crippen LogP contribution in [0.2, 0.25) is 0 Å². The molecule has 1 aromatic rings. The maximum atomic E-state index is 14.2. The molecule has 0 saturated heterocycles. The van der Waals surface area contributed by atoms with E-state index in [4.69, 9.17) is 5.73 Å². The van der Waals surface area contributed by atoms with E-state index in [0.717, 1.165) is 12.2 Å². The van der Waals surface area contributed by atoms with Crippen molar-refractivity contribution in [1.82, 2.24) is 0 Å². The third-order valence-electron chi connectivity index (χ3n) is 4.12. The normalized spacial score (nSPS) is 17.7. The Balaban J connectivity index is 2.39. The molecule has 0 heterocycles. The van der Waals surface area contributed by atoms with Crippen molar-refractivity contribution in [2.45, 2.75) is 58.5 Å². The molecule has 1 fully saturated rings. The minimum atomic E-state index is -0.276. The molecule has 0 radical (unpaired) electrons.